The molecule has 0 unspecified atom stereocenters. The minimum Gasteiger partial charge on any atom is -0.306 e. The zero-order valence-corrected chi connectivity index (χ0v) is 19.8. The van der Waals surface area contributed by atoms with E-state index in [2.05, 4.69) is 26.1 Å². The lowest BCUT2D eigenvalue weighted by Crippen LogP contribution is -2.08. The maximum Gasteiger partial charge on any atom is 0.191 e. The van der Waals surface area contributed by atoms with Crippen LogP contribution in [0.3, 0.4) is 0 Å². The van der Waals surface area contributed by atoms with Crippen LogP contribution in [0.5, 0.6) is 0 Å². The van der Waals surface area contributed by atoms with Crippen molar-refractivity contribution in [3.8, 4) is 0 Å². The molecule has 0 fully saturated rings. The van der Waals surface area contributed by atoms with Crippen molar-refractivity contribution in [2.75, 3.05) is 0 Å². The molecule has 0 aliphatic heterocycles. The van der Waals surface area contributed by atoms with E-state index in [1.54, 1.807) is 0 Å². The highest BCUT2D eigenvalue weighted by atomic mass is 79.9. The average Bonchev–Trinajstić information content (AvgIpc) is 3.04. The van der Waals surface area contributed by atoms with Gasteiger partial charge in [-0.05, 0) is 42.3 Å². The molecule has 28 heavy (non-hydrogen) atoms. The molecule has 3 rings (SSSR count). The summed E-state index contributed by atoms with van der Waals surface area (Å²) >= 11 is 17.4. The summed E-state index contributed by atoms with van der Waals surface area (Å²) in [6.45, 7) is 2.73. The SMILES string of the molecule is CCn1c(C[S@](=O)Cc2ccc(Br)cc2)nnc1SCc1c(Cl)cccc1Cl. The predicted molar refractivity (Wildman–Crippen MR) is 121 cm³/mol. The number of benzene rings is 2. The molecule has 0 aliphatic rings. The third-order valence-electron chi connectivity index (χ3n) is 4.05. The van der Waals surface area contributed by atoms with Gasteiger partial charge in [-0.3, -0.25) is 4.21 Å². The molecule has 0 N–H and O–H groups in total. The second kappa shape index (κ2) is 10.3. The fourth-order valence-electron chi connectivity index (χ4n) is 2.62. The van der Waals surface area contributed by atoms with Crippen molar-refractivity contribution in [2.45, 2.75) is 35.9 Å². The zero-order chi connectivity index (χ0) is 20.1. The fraction of sp³-hybridized carbons (Fsp3) is 0.263. The smallest absolute Gasteiger partial charge is 0.191 e. The Labute approximate surface area is 189 Å². The van der Waals surface area contributed by atoms with E-state index in [9.17, 15) is 4.21 Å². The largest absolute Gasteiger partial charge is 0.306 e. The van der Waals surface area contributed by atoms with Gasteiger partial charge < -0.3 is 4.57 Å². The van der Waals surface area contributed by atoms with E-state index in [-0.39, 0.29) is 0 Å². The summed E-state index contributed by atoms with van der Waals surface area (Å²) in [4.78, 5) is 0. The number of halogens is 3. The van der Waals surface area contributed by atoms with Gasteiger partial charge in [-0.2, -0.15) is 0 Å². The van der Waals surface area contributed by atoms with Crippen LogP contribution in [0.2, 0.25) is 10.0 Å². The van der Waals surface area contributed by atoms with Crippen LogP contribution in [0.1, 0.15) is 23.9 Å². The summed E-state index contributed by atoms with van der Waals surface area (Å²) in [5.74, 6) is 2.18. The minimum atomic E-state index is -1.06. The molecule has 0 radical (unpaired) electrons. The van der Waals surface area contributed by atoms with E-state index in [4.69, 9.17) is 23.2 Å². The molecule has 148 valence electrons. The molecular formula is C19H18BrCl2N3OS2. The van der Waals surface area contributed by atoms with Crippen LogP contribution in [-0.2, 0) is 34.6 Å². The van der Waals surface area contributed by atoms with E-state index in [1.165, 1.54) is 11.8 Å². The van der Waals surface area contributed by atoms with E-state index in [0.29, 0.717) is 33.8 Å². The Balaban J connectivity index is 1.67. The van der Waals surface area contributed by atoms with Crippen molar-refractivity contribution in [1.82, 2.24) is 14.8 Å². The highest BCUT2D eigenvalue weighted by molar-refractivity contribution is 9.10. The van der Waals surface area contributed by atoms with Crippen molar-refractivity contribution in [2.24, 2.45) is 0 Å². The number of rotatable bonds is 8. The first-order valence-electron chi connectivity index (χ1n) is 8.55. The summed E-state index contributed by atoms with van der Waals surface area (Å²) < 4.78 is 15.6. The fourth-order valence-corrected chi connectivity index (χ4v) is 5.81. The summed E-state index contributed by atoms with van der Waals surface area (Å²) in [6, 6.07) is 13.3. The Morgan fingerprint density at radius 1 is 1.07 bits per heavy atom. The number of thioether (sulfide) groups is 1. The monoisotopic (exact) mass is 517 g/mol. The molecule has 2 aromatic carbocycles. The lowest BCUT2D eigenvalue weighted by molar-refractivity contribution is 0.650. The third-order valence-corrected chi connectivity index (χ3v) is 7.51. The normalized spacial score (nSPS) is 12.3. The molecule has 0 saturated heterocycles. The van der Waals surface area contributed by atoms with Gasteiger partial charge in [-0.25, -0.2) is 0 Å². The van der Waals surface area contributed by atoms with Gasteiger partial charge in [-0.1, -0.05) is 69.1 Å². The van der Waals surface area contributed by atoms with Crippen molar-refractivity contribution < 1.29 is 4.21 Å². The maximum atomic E-state index is 12.6. The Morgan fingerprint density at radius 2 is 1.75 bits per heavy atom. The second-order valence-electron chi connectivity index (χ2n) is 5.99. The van der Waals surface area contributed by atoms with E-state index in [0.717, 1.165) is 26.6 Å². The van der Waals surface area contributed by atoms with Gasteiger partial charge in [0.15, 0.2) is 5.16 Å². The van der Waals surface area contributed by atoms with Crippen LogP contribution in [0.4, 0.5) is 0 Å². The molecule has 1 aromatic heterocycles. The molecule has 1 heterocycles. The number of nitrogens with zero attached hydrogens (tertiary/aromatic N) is 3. The van der Waals surface area contributed by atoms with Crippen LogP contribution in [0, 0.1) is 0 Å². The molecule has 0 amide bonds. The number of aromatic nitrogens is 3. The van der Waals surface area contributed by atoms with Crippen molar-refractivity contribution in [3.63, 3.8) is 0 Å². The molecule has 3 aromatic rings. The van der Waals surface area contributed by atoms with Gasteiger partial charge in [0, 0.05) is 43.4 Å². The minimum absolute atomic E-state index is 0.365. The summed E-state index contributed by atoms with van der Waals surface area (Å²) in [5.41, 5.74) is 1.91. The first kappa shape index (κ1) is 21.8. The van der Waals surface area contributed by atoms with Crippen LogP contribution < -0.4 is 0 Å². The van der Waals surface area contributed by atoms with Gasteiger partial charge in [0.05, 0.1) is 5.75 Å². The Hall–Kier alpha value is -0.860. The van der Waals surface area contributed by atoms with Gasteiger partial charge in [0.25, 0.3) is 0 Å². The van der Waals surface area contributed by atoms with Gasteiger partial charge in [0.2, 0.25) is 0 Å². The zero-order valence-electron chi connectivity index (χ0n) is 15.1. The molecule has 0 spiro atoms. The number of hydrogen-bond donors (Lipinski definition) is 0. The van der Waals surface area contributed by atoms with Gasteiger partial charge in [0.1, 0.15) is 5.82 Å². The predicted octanol–water partition coefficient (Wildman–Crippen LogP) is 6.11. The quantitative estimate of drug-likeness (QED) is 0.337. The summed E-state index contributed by atoms with van der Waals surface area (Å²) in [7, 11) is -1.06. The summed E-state index contributed by atoms with van der Waals surface area (Å²) in [5, 5.41) is 10.6. The van der Waals surface area contributed by atoms with Crippen LogP contribution in [-0.4, -0.2) is 19.0 Å². The lowest BCUT2D eigenvalue weighted by atomic mass is 10.2. The Bertz CT molecular complexity index is 960. The standard InChI is InChI=1S/C19H18BrCl2N3OS2/c1-2-25-18(12-28(26)11-13-6-8-14(20)9-7-13)23-24-19(25)27-10-15-16(21)4-3-5-17(15)22/h3-9H,2,10-12H2,1H3/t28-/m1/s1. The van der Waals surface area contributed by atoms with Crippen LogP contribution in [0.25, 0.3) is 0 Å². The van der Waals surface area contributed by atoms with E-state index in [1.807, 2.05) is 54.0 Å². The van der Waals surface area contributed by atoms with E-state index < -0.39 is 10.8 Å². The number of hydrogen-bond acceptors (Lipinski definition) is 4. The van der Waals surface area contributed by atoms with E-state index >= 15 is 0 Å². The van der Waals surface area contributed by atoms with Gasteiger partial charge in [-0.15, -0.1) is 10.2 Å². The van der Waals surface area contributed by atoms with Crippen molar-refractivity contribution in [3.05, 3.63) is 73.9 Å². The molecule has 0 aliphatic carbocycles. The maximum absolute atomic E-state index is 12.6. The summed E-state index contributed by atoms with van der Waals surface area (Å²) in [6.07, 6.45) is 0. The highest BCUT2D eigenvalue weighted by Gasteiger charge is 2.16. The second-order valence-corrected chi connectivity index (χ2v) is 10.1. The average molecular weight is 519 g/mol. The van der Waals surface area contributed by atoms with Gasteiger partial charge >= 0.3 is 0 Å². The van der Waals surface area contributed by atoms with Crippen molar-refractivity contribution >= 4 is 61.7 Å². The van der Waals surface area contributed by atoms with Crippen LogP contribution >= 0.6 is 50.9 Å². The van der Waals surface area contributed by atoms with Crippen LogP contribution in [0.15, 0.2) is 52.1 Å². The molecule has 0 saturated carbocycles. The first-order chi connectivity index (χ1) is 13.5. The molecular weight excluding hydrogens is 501 g/mol. The Morgan fingerprint density at radius 3 is 2.39 bits per heavy atom. The topological polar surface area (TPSA) is 47.8 Å². The molecule has 0 bridgehead atoms. The van der Waals surface area contributed by atoms with Crippen molar-refractivity contribution in [1.29, 1.82) is 0 Å². The Kier molecular flexibility index (Phi) is 8.00. The molecule has 1 atom stereocenters. The highest BCUT2D eigenvalue weighted by Crippen LogP contribution is 2.31. The molecule has 9 heteroatoms. The lowest BCUT2D eigenvalue weighted by Gasteiger charge is -2.09. The first-order valence-corrected chi connectivity index (χ1v) is 12.6. The molecule has 4 nitrogen and oxygen atoms in total. The third kappa shape index (κ3) is 5.60.